The number of amides is 1. The smallest absolute Gasteiger partial charge is 0.251 e. The summed E-state index contributed by atoms with van der Waals surface area (Å²) in [4.78, 5) is 11.9. The van der Waals surface area contributed by atoms with E-state index >= 15 is 0 Å². The van der Waals surface area contributed by atoms with Gasteiger partial charge < -0.3 is 20.7 Å². The van der Waals surface area contributed by atoms with Gasteiger partial charge in [-0.2, -0.15) is 0 Å². The lowest BCUT2D eigenvalue weighted by Crippen LogP contribution is -2.22. The van der Waals surface area contributed by atoms with Crippen LogP contribution in [0.2, 0.25) is 0 Å². The van der Waals surface area contributed by atoms with Gasteiger partial charge in [0.05, 0.1) is 6.54 Å². The second-order valence-corrected chi connectivity index (χ2v) is 4.26. The molecule has 0 aliphatic heterocycles. The largest absolute Gasteiger partial charge is 0.465 e. The van der Waals surface area contributed by atoms with Gasteiger partial charge in [-0.15, -0.1) is 0 Å². The molecule has 104 valence electrons. The Morgan fingerprint density at radius 2 is 1.90 bits per heavy atom. The predicted octanol–water partition coefficient (Wildman–Crippen LogP) is 1.61. The van der Waals surface area contributed by atoms with E-state index in [1.54, 1.807) is 24.3 Å². The molecule has 0 unspecified atom stereocenters. The first-order valence-corrected chi connectivity index (χ1v) is 6.01. The third-order valence-electron chi connectivity index (χ3n) is 2.77. The first kappa shape index (κ1) is 13.7. The van der Waals surface area contributed by atoms with Gasteiger partial charge in [-0.1, -0.05) is 17.3 Å². The Balaban J connectivity index is 1.99. The molecule has 20 heavy (non-hydrogen) atoms. The van der Waals surface area contributed by atoms with Gasteiger partial charge in [-0.3, -0.25) is 4.79 Å². The molecule has 1 aromatic carbocycles. The number of amidine groups is 1. The van der Waals surface area contributed by atoms with Crippen LogP contribution in [0.1, 0.15) is 27.4 Å². The van der Waals surface area contributed by atoms with Gasteiger partial charge in [0.15, 0.2) is 5.84 Å². The second kappa shape index (κ2) is 5.92. The quantitative estimate of drug-likeness (QED) is 0.341. The van der Waals surface area contributed by atoms with E-state index in [1.807, 2.05) is 19.1 Å². The molecule has 1 amide bonds. The minimum atomic E-state index is -0.217. The Hall–Kier alpha value is -2.76. The molecular weight excluding hydrogens is 258 g/mol. The van der Waals surface area contributed by atoms with Crippen molar-refractivity contribution >= 4 is 11.7 Å². The summed E-state index contributed by atoms with van der Waals surface area (Å²) in [6.45, 7) is 2.17. The molecule has 1 heterocycles. The molecule has 2 aromatic rings. The lowest BCUT2D eigenvalue weighted by molar-refractivity contribution is 0.0948. The molecule has 4 N–H and O–H groups in total. The number of benzene rings is 1. The number of carbonyl (C=O) groups excluding carboxylic acids is 1. The number of aryl methyl sites for hydroxylation is 1. The van der Waals surface area contributed by atoms with Crippen LogP contribution in [0.15, 0.2) is 46.0 Å². The predicted molar refractivity (Wildman–Crippen MR) is 73.6 cm³/mol. The summed E-state index contributed by atoms with van der Waals surface area (Å²) in [5, 5.41) is 14.2. The Bertz CT molecular complexity index is 629. The zero-order chi connectivity index (χ0) is 14.5. The number of carbonyl (C=O) groups is 1. The minimum absolute atomic E-state index is 0.00280. The van der Waals surface area contributed by atoms with Crippen LogP contribution >= 0.6 is 0 Å². The molecule has 1 aromatic heterocycles. The summed E-state index contributed by atoms with van der Waals surface area (Å²) in [5.74, 6) is 1.29. The van der Waals surface area contributed by atoms with Crippen molar-refractivity contribution in [3.8, 4) is 0 Å². The fraction of sp³-hybridized carbons (Fsp3) is 0.143. The molecule has 0 saturated carbocycles. The van der Waals surface area contributed by atoms with Crippen LogP contribution < -0.4 is 11.1 Å². The SMILES string of the molecule is Cc1ccc(CNC(=O)c2ccc(C(N)=NO)cc2)o1. The van der Waals surface area contributed by atoms with Gasteiger partial charge in [-0.05, 0) is 31.2 Å². The number of nitrogens with one attached hydrogen (secondary N) is 1. The van der Waals surface area contributed by atoms with Gasteiger partial charge in [0.2, 0.25) is 0 Å². The molecule has 0 spiro atoms. The zero-order valence-corrected chi connectivity index (χ0v) is 11.0. The number of oxime groups is 1. The number of nitrogens with zero attached hydrogens (tertiary/aromatic N) is 1. The Morgan fingerprint density at radius 3 is 2.45 bits per heavy atom. The number of hydrogen-bond donors (Lipinski definition) is 3. The summed E-state index contributed by atoms with van der Waals surface area (Å²) in [7, 11) is 0. The molecule has 0 aliphatic rings. The molecule has 6 nitrogen and oxygen atoms in total. The average molecular weight is 273 g/mol. The van der Waals surface area contributed by atoms with Crippen LogP contribution in [0.5, 0.6) is 0 Å². The maximum absolute atomic E-state index is 11.9. The highest BCUT2D eigenvalue weighted by atomic mass is 16.4. The summed E-state index contributed by atoms with van der Waals surface area (Å²) >= 11 is 0. The van der Waals surface area contributed by atoms with E-state index in [1.165, 1.54) is 0 Å². The first-order valence-electron chi connectivity index (χ1n) is 6.01. The monoisotopic (exact) mass is 273 g/mol. The number of nitrogens with two attached hydrogens (primary N) is 1. The molecule has 0 atom stereocenters. The van der Waals surface area contributed by atoms with E-state index < -0.39 is 0 Å². The maximum Gasteiger partial charge on any atom is 0.251 e. The van der Waals surface area contributed by atoms with Crippen molar-refractivity contribution < 1.29 is 14.4 Å². The van der Waals surface area contributed by atoms with Crippen molar-refractivity contribution in [3.63, 3.8) is 0 Å². The van der Waals surface area contributed by atoms with Crippen molar-refractivity contribution in [3.05, 3.63) is 59.0 Å². The topological polar surface area (TPSA) is 101 Å². The molecule has 6 heteroatoms. The van der Waals surface area contributed by atoms with Crippen molar-refractivity contribution in [1.82, 2.24) is 5.32 Å². The molecule has 2 rings (SSSR count). The third kappa shape index (κ3) is 3.17. The van der Waals surface area contributed by atoms with E-state index in [-0.39, 0.29) is 11.7 Å². The molecule has 0 radical (unpaired) electrons. The summed E-state index contributed by atoms with van der Waals surface area (Å²) in [5.41, 5.74) is 6.48. The van der Waals surface area contributed by atoms with Crippen LogP contribution in [-0.2, 0) is 6.54 Å². The van der Waals surface area contributed by atoms with Crippen LogP contribution in [0, 0.1) is 6.92 Å². The van der Waals surface area contributed by atoms with Gasteiger partial charge in [0, 0.05) is 11.1 Å². The Labute approximate surface area is 115 Å². The highest BCUT2D eigenvalue weighted by molar-refractivity contribution is 5.99. The summed E-state index contributed by atoms with van der Waals surface area (Å²) < 4.78 is 5.36. The van der Waals surface area contributed by atoms with Gasteiger partial charge >= 0.3 is 0 Å². The Morgan fingerprint density at radius 1 is 1.25 bits per heavy atom. The van der Waals surface area contributed by atoms with Crippen molar-refractivity contribution in [2.45, 2.75) is 13.5 Å². The summed E-state index contributed by atoms with van der Waals surface area (Å²) in [6, 6.07) is 10.1. The molecule has 0 fully saturated rings. The lowest BCUT2D eigenvalue weighted by atomic mass is 10.1. The first-order chi connectivity index (χ1) is 9.60. The summed E-state index contributed by atoms with van der Waals surface area (Å²) in [6.07, 6.45) is 0. The number of hydrogen-bond acceptors (Lipinski definition) is 4. The van der Waals surface area contributed by atoms with Crippen LogP contribution in [0.25, 0.3) is 0 Å². The average Bonchev–Trinajstić information content (AvgIpc) is 2.89. The van der Waals surface area contributed by atoms with Gasteiger partial charge in [0.1, 0.15) is 11.5 Å². The van der Waals surface area contributed by atoms with E-state index in [0.29, 0.717) is 23.4 Å². The van der Waals surface area contributed by atoms with Crippen LogP contribution in [0.3, 0.4) is 0 Å². The van der Waals surface area contributed by atoms with Gasteiger partial charge in [0.25, 0.3) is 5.91 Å². The minimum Gasteiger partial charge on any atom is -0.465 e. The number of rotatable bonds is 4. The fourth-order valence-corrected chi connectivity index (χ4v) is 1.70. The van der Waals surface area contributed by atoms with Crippen LogP contribution in [-0.4, -0.2) is 17.0 Å². The highest BCUT2D eigenvalue weighted by Gasteiger charge is 2.07. The van der Waals surface area contributed by atoms with Crippen molar-refractivity contribution in [2.75, 3.05) is 0 Å². The van der Waals surface area contributed by atoms with Gasteiger partial charge in [-0.25, -0.2) is 0 Å². The molecule has 0 saturated heterocycles. The van der Waals surface area contributed by atoms with E-state index in [4.69, 9.17) is 15.4 Å². The second-order valence-electron chi connectivity index (χ2n) is 4.26. The highest BCUT2D eigenvalue weighted by Crippen LogP contribution is 2.07. The molecule has 0 bridgehead atoms. The third-order valence-corrected chi connectivity index (χ3v) is 2.77. The fourth-order valence-electron chi connectivity index (χ4n) is 1.70. The molecular formula is C14H15N3O3. The maximum atomic E-state index is 11.9. The Kier molecular flexibility index (Phi) is 4.05. The normalized spacial score (nSPS) is 11.3. The van der Waals surface area contributed by atoms with Crippen molar-refractivity contribution in [1.29, 1.82) is 0 Å². The molecule has 0 aliphatic carbocycles. The van der Waals surface area contributed by atoms with Crippen molar-refractivity contribution in [2.24, 2.45) is 10.9 Å². The number of furan rings is 1. The zero-order valence-electron chi connectivity index (χ0n) is 11.0. The van der Waals surface area contributed by atoms with E-state index in [9.17, 15) is 4.79 Å². The van der Waals surface area contributed by atoms with Crippen LogP contribution in [0.4, 0.5) is 0 Å². The lowest BCUT2D eigenvalue weighted by Gasteiger charge is -2.04. The van der Waals surface area contributed by atoms with E-state index in [2.05, 4.69) is 10.5 Å². The standard InChI is InChI=1S/C14H15N3O3/c1-9-2-7-12(20-9)8-16-14(18)11-5-3-10(4-6-11)13(15)17-19/h2-7,19H,8H2,1H3,(H2,15,17)(H,16,18). The van der Waals surface area contributed by atoms with E-state index in [0.717, 1.165) is 5.76 Å².